The fraction of sp³-hybridized carbons (Fsp3) is 0.348. The Bertz CT molecular complexity index is 1370. The van der Waals surface area contributed by atoms with Gasteiger partial charge in [-0.1, -0.05) is 36.4 Å². The van der Waals surface area contributed by atoms with Gasteiger partial charge in [-0.15, -0.1) is 5.10 Å². The number of rotatable bonds is 6. The zero-order valence-corrected chi connectivity index (χ0v) is 18.3. The van der Waals surface area contributed by atoms with Gasteiger partial charge in [-0.2, -0.15) is 0 Å². The smallest absolute Gasteiger partial charge is 0.262 e. The molecule has 1 aliphatic rings. The van der Waals surface area contributed by atoms with Gasteiger partial charge in [0.05, 0.1) is 17.6 Å². The molecule has 160 valence electrons. The summed E-state index contributed by atoms with van der Waals surface area (Å²) in [4.78, 5) is 15.5. The number of ether oxygens (including phenoxy) is 1. The van der Waals surface area contributed by atoms with E-state index >= 15 is 0 Å². The number of aryl methyl sites for hydroxylation is 1. The summed E-state index contributed by atoms with van der Waals surface area (Å²) in [5, 5.41) is 5.46. The van der Waals surface area contributed by atoms with Gasteiger partial charge < -0.3 is 4.74 Å². The lowest BCUT2D eigenvalue weighted by Crippen LogP contribution is -2.32. The highest BCUT2D eigenvalue weighted by molar-refractivity contribution is 7.71. The van der Waals surface area contributed by atoms with Gasteiger partial charge in [0.25, 0.3) is 5.56 Å². The largest absolute Gasteiger partial charge is 0.385 e. The van der Waals surface area contributed by atoms with Crippen molar-refractivity contribution in [2.75, 3.05) is 20.3 Å². The Morgan fingerprint density at radius 3 is 2.71 bits per heavy atom. The van der Waals surface area contributed by atoms with Crippen molar-refractivity contribution in [3.63, 3.8) is 0 Å². The van der Waals surface area contributed by atoms with E-state index in [0.29, 0.717) is 35.8 Å². The van der Waals surface area contributed by atoms with Crippen molar-refractivity contribution in [2.24, 2.45) is 0 Å². The highest BCUT2D eigenvalue weighted by Crippen LogP contribution is 2.20. The summed E-state index contributed by atoms with van der Waals surface area (Å²) in [6.45, 7) is 3.53. The highest BCUT2D eigenvalue weighted by atomic mass is 32.1. The monoisotopic (exact) mass is 435 g/mol. The van der Waals surface area contributed by atoms with Crippen molar-refractivity contribution in [3.8, 4) is 0 Å². The normalized spacial score (nSPS) is 14.4. The van der Waals surface area contributed by atoms with Crippen LogP contribution in [0.25, 0.3) is 16.7 Å². The second-order valence-corrected chi connectivity index (χ2v) is 8.32. The lowest BCUT2D eigenvalue weighted by Gasteiger charge is -2.28. The topological polar surface area (TPSA) is 56.7 Å². The van der Waals surface area contributed by atoms with Crippen LogP contribution in [-0.2, 0) is 30.9 Å². The predicted octanol–water partition coefficient (Wildman–Crippen LogP) is 3.23. The molecule has 0 saturated carbocycles. The average Bonchev–Trinajstić information content (AvgIpc) is 3.12. The van der Waals surface area contributed by atoms with Crippen LogP contribution < -0.4 is 5.56 Å². The van der Waals surface area contributed by atoms with Gasteiger partial charge in [-0.05, 0) is 48.3 Å². The SMILES string of the molecule is COCCCn1c(=O)c2ccccc2n2c(=S)n(CN3CCc4ccccc4C3)nc12. The van der Waals surface area contributed by atoms with Gasteiger partial charge in [0.1, 0.15) is 0 Å². The van der Waals surface area contributed by atoms with Gasteiger partial charge in [-0.3, -0.25) is 18.7 Å². The van der Waals surface area contributed by atoms with E-state index in [4.69, 9.17) is 22.1 Å². The fourth-order valence-electron chi connectivity index (χ4n) is 4.39. The number of para-hydroxylation sites is 1. The number of methoxy groups -OCH3 is 1. The van der Waals surface area contributed by atoms with Crippen molar-refractivity contribution in [2.45, 2.75) is 32.6 Å². The number of hydrogen-bond donors (Lipinski definition) is 0. The summed E-state index contributed by atoms with van der Waals surface area (Å²) < 4.78 is 11.3. The molecule has 0 bridgehead atoms. The Morgan fingerprint density at radius 1 is 1.10 bits per heavy atom. The summed E-state index contributed by atoms with van der Waals surface area (Å²) in [7, 11) is 1.67. The molecular weight excluding hydrogens is 410 g/mol. The third-order valence-corrected chi connectivity index (χ3v) is 6.35. The second kappa shape index (κ2) is 8.37. The van der Waals surface area contributed by atoms with E-state index in [1.54, 1.807) is 11.7 Å². The zero-order chi connectivity index (χ0) is 21.4. The summed E-state index contributed by atoms with van der Waals surface area (Å²) in [6, 6.07) is 16.2. The molecule has 0 N–H and O–H groups in total. The van der Waals surface area contributed by atoms with Crippen molar-refractivity contribution < 1.29 is 4.74 Å². The third-order valence-electron chi connectivity index (χ3n) is 5.96. The summed E-state index contributed by atoms with van der Waals surface area (Å²) in [5.41, 5.74) is 3.52. The summed E-state index contributed by atoms with van der Waals surface area (Å²) in [5.74, 6) is 0.585. The molecule has 7 nitrogen and oxygen atoms in total. The molecule has 0 fully saturated rings. The Hall–Kier alpha value is -2.81. The first-order valence-corrected chi connectivity index (χ1v) is 11.0. The highest BCUT2D eigenvalue weighted by Gasteiger charge is 2.19. The Kier molecular flexibility index (Phi) is 5.43. The van der Waals surface area contributed by atoms with E-state index in [9.17, 15) is 4.79 Å². The first-order valence-electron chi connectivity index (χ1n) is 10.6. The quantitative estimate of drug-likeness (QED) is 0.344. The second-order valence-electron chi connectivity index (χ2n) is 7.95. The van der Waals surface area contributed by atoms with Crippen LogP contribution in [0, 0.1) is 4.77 Å². The van der Waals surface area contributed by atoms with Crippen LogP contribution in [0.1, 0.15) is 17.5 Å². The molecule has 0 spiro atoms. The molecule has 0 radical (unpaired) electrons. The standard InChI is InChI=1S/C23H25N5O2S/c1-30-14-6-12-26-21(29)19-9-4-5-10-20(19)28-22(26)24-27(23(28)31)16-25-13-11-17-7-2-3-8-18(17)15-25/h2-5,7-10H,6,11-16H2,1H3. The Morgan fingerprint density at radius 2 is 1.87 bits per heavy atom. The molecule has 1 aliphatic heterocycles. The molecule has 0 unspecified atom stereocenters. The van der Waals surface area contributed by atoms with E-state index in [0.717, 1.165) is 31.4 Å². The van der Waals surface area contributed by atoms with Crippen molar-refractivity contribution in [1.29, 1.82) is 0 Å². The van der Waals surface area contributed by atoms with Crippen molar-refractivity contribution in [1.82, 2.24) is 23.6 Å². The molecule has 0 aliphatic carbocycles. The average molecular weight is 436 g/mol. The molecule has 31 heavy (non-hydrogen) atoms. The van der Waals surface area contributed by atoms with E-state index in [1.807, 2.05) is 33.3 Å². The van der Waals surface area contributed by atoms with Gasteiger partial charge in [0.15, 0.2) is 0 Å². The lowest BCUT2D eigenvalue weighted by molar-refractivity contribution is 0.188. The zero-order valence-electron chi connectivity index (χ0n) is 17.5. The molecule has 4 aromatic rings. The number of hydrogen-bond acceptors (Lipinski definition) is 5. The molecule has 3 heterocycles. The van der Waals surface area contributed by atoms with Crippen LogP contribution in [0.4, 0.5) is 0 Å². The van der Waals surface area contributed by atoms with E-state index < -0.39 is 0 Å². The minimum Gasteiger partial charge on any atom is -0.385 e. The molecular formula is C23H25N5O2S. The van der Waals surface area contributed by atoms with Crippen LogP contribution in [-0.4, -0.2) is 43.9 Å². The van der Waals surface area contributed by atoms with Crippen molar-refractivity contribution in [3.05, 3.63) is 74.8 Å². The first-order chi connectivity index (χ1) is 15.2. The van der Waals surface area contributed by atoms with E-state index in [2.05, 4.69) is 29.2 Å². The van der Waals surface area contributed by atoms with Gasteiger partial charge in [0, 0.05) is 33.4 Å². The molecule has 2 aromatic carbocycles. The number of nitrogens with zero attached hydrogens (tertiary/aromatic N) is 5. The third kappa shape index (κ3) is 3.60. The van der Waals surface area contributed by atoms with Gasteiger partial charge in [-0.25, -0.2) is 4.68 Å². The van der Waals surface area contributed by atoms with Crippen LogP contribution in [0.2, 0.25) is 0 Å². The molecule has 8 heteroatoms. The first kappa shape index (κ1) is 20.1. The molecule has 0 saturated heterocycles. The molecule has 2 aromatic heterocycles. The van der Waals surface area contributed by atoms with E-state index in [-0.39, 0.29) is 5.56 Å². The summed E-state index contributed by atoms with van der Waals surface area (Å²) >= 11 is 5.84. The maximum absolute atomic E-state index is 13.2. The maximum Gasteiger partial charge on any atom is 0.262 e. The van der Waals surface area contributed by atoms with E-state index in [1.165, 1.54) is 11.1 Å². The number of aromatic nitrogens is 4. The van der Waals surface area contributed by atoms with Crippen LogP contribution >= 0.6 is 12.2 Å². The molecule has 0 atom stereocenters. The fourth-order valence-corrected chi connectivity index (χ4v) is 4.67. The minimum atomic E-state index is -0.0433. The number of fused-ring (bicyclic) bond motifs is 4. The van der Waals surface area contributed by atoms with Crippen LogP contribution in [0.15, 0.2) is 53.3 Å². The Balaban J connectivity index is 1.58. The maximum atomic E-state index is 13.2. The van der Waals surface area contributed by atoms with Gasteiger partial charge in [0.2, 0.25) is 10.5 Å². The molecule has 0 amide bonds. The van der Waals surface area contributed by atoms with Gasteiger partial charge >= 0.3 is 0 Å². The van der Waals surface area contributed by atoms with Crippen LogP contribution in [0.5, 0.6) is 0 Å². The van der Waals surface area contributed by atoms with Crippen LogP contribution in [0.3, 0.4) is 0 Å². The number of benzene rings is 2. The Labute approximate surface area is 185 Å². The minimum absolute atomic E-state index is 0.0433. The molecule has 5 rings (SSSR count). The predicted molar refractivity (Wildman–Crippen MR) is 123 cm³/mol. The summed E-state index contributed by atoms with van der Waals surface area (Å²) in [6.07, 6.45) is 1.74. The lowest BCUT2D eigenvalue weighted by atomic mass is 10.0. The van der Waals surface area contributed by atoms with Crippen molar-refractivity contribution >= 4 is 28.9 Å².